The van der Waals surface area contributed by atoms with Gasteiger partial charge in [0.25, 0.3) is 0 Å². The molecule has 1 aromatic rings. The van der Waals surface area contributed by atoms with Gasteiger partial charge in [-0.05, 0) is 13.8 Å². The minimum atomic E-state index is -4.25. The predicted octanol–water partition coefficient (Wildman–Crippen LogP) is 2.41. The first-order chi connectivity index (χ1) is 7.33. The first-order valence-corrected chi connectivity index (χ1v) is 5.54. The second-order valence-corrected chi connectivity index (χ2v) is 4.70. The minimum Gasteiger partial charge on any atom is -0.391 e. The molecule has 0 aliphatic carbocycles. The Kier molecular flexibility index (Phi) is 4.15. The van der Waals surface area contributed by atoms with Crippen molar-refractivity contribution in [3.05, 3.63) is 11.1 Å². The van der Waals surface area contributed by atoms with Crippen LogP contribution in [0, 0.1) is 0 Å². The molecule has 0 saturated heterocycles. The van der Waals surface area contributed by atoms with Crippen LogP contribution >= 0.6 is 11.3 Å². The summed E-state index contributed by atoms with van der Waals surface area (Å²) >= 11 is 1.07. The number of thiazole rings is 1. The largest absolute Gasteiger partial charge is 0.406 e. The van der Waals surface area contributed by atoms with Crippen LogP contribution in [0.3, 0.4) is 0 Å². The number of aliphatic hydroxyl groups excluding tert-OH is 1. The molecule has 0 aliphatic rings. The summed E-state index contributed by atoms with van der Waals surface area (Å²) in [4.78, 5) is 5.61. The van der Waals surface area contributed by atoms with E-state index < -0.39 is 12.7 Å². The van der Waals surface area contributed by atoms with Crippen molar-refractivity contribution in [1.29, 1.82) is 0 Å². The number of rotatable bonds is 4. The third kappa shape index (κ3) is 3.64. The van der Waals surface area contributed by atoms with E-state index in [9.17, 15) is 13.2 Å². The summed E-state index contributed by atoms with van der Waals surface area (Å²) in [5, 5.41) is 9.12. The first-order valence-electron chi connectivity index (χ1n) is 4.72. The van der Waals surface area contributed by atoms with Crippen LogP contribution in [-0.4, -0.2) is 28.9 Å². The number of hydrogen-bond acceptors (Lipinski definition) is 4. The second-order valence-electron chi connectivity index (χ2n) is 3.60. The van der Waals surface area contributed by atoms with Gasteiger partial charge in [-0.1, -0.05) is 11.3 Å². The second kappa shape index (κ2) is 5.01. The lowest BCUT2D eigenvalue weighted by atomic mass is 10.3. The van der Waals surface area contributed by atoms with E-state index in [0.717, 1.165) is 11.3 Å². The van der Waals surface area contributed by atoms with E-state index in [1.165, 1.54) is 11.1 Å². The summed E-state index contributed by atoms with van der Waals surface area (Å²) < 4.78 is 37.0. The van der Waals surface area contributed by atoms with E-state index in [1.54, 1.807) is 13.8 Å². The smallest absolute Gasteiger partial charge is 0.391 e. The molecule has 16 heavy (non-hydrogen) atoms. The molecule has 0 unspecified atom stereocenters. The van der Waals surface area contributed by atoms with Gasteiger partial charge in [-0.3, -0.25) is 0 Å². The average molecular weight is 254 g/mol. The monoisotopic (exact) mass is 254 g/mol. The number of alkyl halides is 3. The number of aliphatic hydroxyl groups is 1. The summed E-state index contributed by atoms with van der Waals surface area (Å²) in [7, 11) is 0. The topological polar surface area (TPSA) is 36.4 Å². The van der Waals surface area contributed by atoms with Gasteiger partial charge in [-0.2, -0.15) is 13.2 Å². The highest BCUT2D eigenvalue weighted by Gasteiger charge is 2.33. The van der Waals surface area contributed by atoms with Gasteiger partial charge in [-0.25, -0.2) is 4.98 Å². The van der Waals surface area contributed by atoms with E-state index in [4.69, 9.17) is 5.11 Å². The predicted molar refractivity (Wildman–Crippen MR) is 56.6 cm³/mol. The fraction of sp³-hybridized carbons (Fsp3) is 0.667. The van der Waals surface area contributed by atoms with Crippen LogP contribution < -0.4 is 4.90 Å². The van der Waals surface area contributed by atoms with E-state index in [2.05, 4.69) is 4.98 Å². The quantitative estimate of drug-likeness (QED) is 0.896. The van der Waals surface area contributed by atoms with Crippen LogP contribution in [-0.2, 0) is 6.61 Å². The van der Waals surface area contributed by atoms with Crippen LogP contribution in [0.4, 0.5) is 18.3 Å². The molecule has 0 aromatic carbocycles. The molecule has 1 rings (SSSR count). The first kappa shape index (κ1) is 13.2. The molecule has 7 heteroatoms. The molecule has 0 fully saturated rings. The zero-order chi connectivity index (χ0) is 12.3. The molecule has 0 saturated carbocycles. The molecule has 0 bridgehead atoms. The van der Waals surface area contributed by atoms with Gasteiger partial charge >= 0.3 is 6.18 Å². The van der Waals surface area contributed by atoms with Crippen LogP contribution in [0.15, 0.2) is 6.20 Å². The van der Waals surface area contributed by atoms with Crippen molar-refractivity contribution in [3.8, 4) is 0 Å². The van der Waals surface area contributed by atoms with Crippen LogP contribution in [0.5, 0.6) is 0 Å². The number of aromatic nitrogens is 1. The lowest BCUT2D eigenvalue weighted by Crippen LogP contribution is -2.39. The highest BCUT2D eigenvalue weighted by atomic mass is 32.1. The van der Waals surface area contributed by atoms with Crippen molar-refractivity contribution in [2.45, 2.75) is 32.7 Å². The molecular weight excluding hydrogens is 241 g/mol. The molecule has 1 aromatic heterocycles. The lowest BCUT2D eigenvalue weighted by molar-refractivity contribution is -0.120. The van der Waals surface area contributed by atoms with Crippen molar-refractivity contribution < 1.29 is 18.3 Å². The normalized spacial score (nSPS) is 12.2. The Morgan fingerprint density at radius 3 is 2.50 bits per heavy atom. The lowest BCUT2D eigenvalue weighted by Gasteiger charge is -2.26. The summed E-state index contributed by atoms with van der Waals surface area (Å²) in [6, 6.07) is -0.292. The standard InChI is InChI=1S/C9H13F3N2OS/c1-6(2)14(5-9(10,11)12)8-13-3-7(4-15)16-8/h3,6,15H,4-5H2,1-2H3. The molecule has 0 aliphatic heterocycles. The van der Waals surface area contributed by atoms with E-state index in [1.807, 2.05) is 0 Å². The molecule has 0 amide bonds. The summed E-state index contributed by atoms with van der Waals surface area (Å²) in [5.41, 5.74) is 0. The Balaban J connectivity index is 2.85. The third-order valence-electron chi connectivity index (χ3n) is 1.92. The van der Waals surface area contributed by atoms with E-state index in [-0.39, 0.29) is 17.8 Å². The number of nitrogens with zero attached hydrogens (tertiary/aromatic N) is 2. The number of halogens is 3. The van der Waals surface area contributed by atoms with Crippen LogP contribution in [0.1, 0.15) is 18.7 Å². The molecule has 1 heterocycles. The Morgan fingerprint density at radius 1 is 1.50 bits per heavy atom. The SMILES string of the molecule is CC(C)N(CC(F)(F)F)c1ncc(CO)s1. The number of anilines is 1. The van der Waals surface area contributed by atoms with E-state index >= 15 is 0 Å². The van der Waals surface area contributed by atoms with Gasteiger partial charge in [0.1, 0.15) is 6.54 Å². The Bertz CT molecular complexity index is 338. The van der Waals surface area contributed by atoms with Crippen LogP contribution in [0.25, 0.3) is 0 Å². The molecule has 92 valence electrons. The maximum Gasteiger partial charge on any atom is 0.406 e. The van der Waals surface area contributed by atoms with Crippen molar-refractivity contribution in [2.24, 2.45) is 0 Å². The fourth-order valence-corrected chi connectivity index (χ4v) is 2.07. The van der Waals surface area contributed by atoms with Crippen molar-refractivity contribution in [2.75, 3.05) is 11.4 Å². The van der Waals surface area contributed by atoms with Gasteiger partial charge in [0.05, 0.1) is 11.5 Å². The summed E-state index contributed by atoms with van der Waals surface area (Å²) in [5.74, 6) is 0. The zero-order valence-electron chi connectivity index (χ0n) is 8.95. The molecule has 0 atom stereocenters. The highest BCUT2D eigenvalue weighted by molar-refractivity contribution is 7.15. The van der Waals surface area contributed by atoms with Gasteiger partial charge in [-0.15, -0.1) is 0 Å². The molecule has 1 N–H and O–H groups in total. The summed E-state index contributed by atoms with van der Waals surface area (Å²) in [6.45, 7) is 2.12. The number of hydrogen-bond donors (Lipinski definition) is 1. The van der Waals surface area contributed by atoms with Crippen LogP contribution in [0.2, 0.25) is 0 Å². The van der Waals surface area contributed by atoms with Gasteiger partial charge in [0.15, 0.2) is 5.13 Å². The van der Waals surface area contributed by atoms with Gasteiger partial charge in [0, 0.05) is 12.2 Å². The minimum absolute atomic E-state index is 0.199. The molecular formula is C9H13F3N2OS. The molecule has 3 nitrogen and oxygen atoms in total. The van der Waals surface area contributed by atoms with Crippen molar-refractivity contribution in [1.82, 2.24) is 4.98 Å². The Morgan fingerprint density at radius 2 is 2.12 bits per heavy atom. The Hall–Kier alpha value is -0.820. The Labute approximate surface area is 95.5 Å². The molecule has 0 radical (unpaired) electrons. The maximum atomic E-state index is 12.3. The van der Waals surface area contributed by atoms with Crippen molar-refractivity contribution >= 4 is 16.5 Å². The highest BCUT2D eigenvalue weighted by Crippen LogP contribution is 2.27. The average Bonchev–Trinajstić information content (AvgIpc) is 2.60. The maximum absolute atomic E-state index is 12.3. The van der Waals surface area contributed by atoms with Gasteiger partial charge in [0.2, 0.25) is 0 Å². The van der Waals surface area contributed by atoms with E-state index in [0.29, 0.717) is 4.88 Å². The van der Waals surface area contributed by atoms with Gasteiger partial charge < -0.3 is 10.0 Å². The zero-order valence-corrected chi connectivity index (χ0v) is 9.77. The molecule has 0 spiro atoms. The summed E-state index contributed by atoms with van der Waals surface area (Å²) in [6.07, 6.45) is -2.86. The fourth-order valence-electron chi connectivity index (χ4n) is 1.17. The van der Waals surface area contributed by atoms with Crippen molar-refractivity contribution in [3.63, 3.8) is 0 Å². The third-order valence-corrected chi connectivity index (χ3v) is 2.94.